The highest BCUT2D eigenvalue weighted by Gasteiger charge is 1.92. The molecule has 0 atom stereocenters. The molecular weight excluding hydrogens is 336 g/mol. The van der Waals surface area contributed by atoms with E-state index in [-0.39, 0.29) is 0 Å². The van der Waals surface area contributed by atoms with Gasteiger partial charge in [0.1, 0.15) is 0 Å². The molecule has 0 aliphatic heterocycles. The van der Waals surface area contributed by atoms with E-state index in [0.717, 1.165) is 0 Å². The van der Waals surface area contributed by atoms with Crippen molar-refractivity contribution in [2.45, 2.75) is 90.4 Å². The normalized spacial score (nSPS) is 12.9. The van der Waals surface area contributed by atoms with Gasteiger partial charge in [-0.15, -0.1) is 0 Å². The molecule has 0 saturated heterocycles. The largest absolute Gasteiger partial charge is 0.0991 e. The standard InChI is InChI=1S/C28H44/c1-3-5-7-9-11-13-15-17-19-21-23-25-27-28-26-24-22-20-18-16-14-12-10-8-6-4-2/h3,5,7,9,11,13,15,17,19,21,23,25,27H,1,4,6,8,10,12,14,16,18,20,22,24,26,28H2,2H3/b7-5+,11-9+,15-13+,19-17+,23-21+,27-25+. The first kappa shape index (κ1) is 26.2. The van der Waals surface area contributed by atoms with Gasteiger partial charge in [0.05, 0.1) is 0 Å². The lowest BCUT2D eigenvalue weighted by atomic mass is 10.0. The Bertz CT molecular complexity index is 482. The number of rotatable bonds is 19. The second kappa shape index (κ2) is 25.2. The fourth-order valence-electron chi connectivity index (χ4n) is 2.93. The molecule has 0 unspecified atom stereocenters. The SMILES string of the molecule is C=C/C=C/C=C/C=C/C=C/C=C/C=C/CCCCCCCCCCCCCC. The van der Waals surface area contributed by atoms with E-state index in [2.05, 4.69) is 43.9 Å². The van der Waals surface area contributed by atoms with Crippen LogP contribution >= 0.6 is 0 Å². The molecule has 0 rings (SSSR count). The molecule has 0 nitrogen and oxygen atoms in total. The topological polar surface area (TPSA) is 0 Å². The fourth-order valence-corrected chi connectivity index (χ4v) is 2.93. The first-order chi connectivity index (χ1) is 13.9. The van der Waals surface area contributed by atoms with Gasteiger partial charge in [0.15, 0.2) is 0 Å². The minimum absolute atomic E-state index is 1.20. The molecule has 0 radical (unpaired) electrons. The second-order valence-electron chi connectivity index (χ2n) is 7.27. The lowest BCUT2D eigenvalue weighted by Crippen LogP contribution is -1.82. The molecule has 28 heavy (non-hydrogen) atoms. The van der Waals surface area contributed by atoms with E-state index in [1.807, 2.05) is 42.5 Å². The van der Waals surface area contributed by atoms with Crippen LogP contribution in [0.4, 0.5) is 0 Å². The summed E-state index contributed by atoms with van der Waals surface area (Å²) in [6.45, 7) is 5.91. The summed E-state index contributed by atoms with van der Waals surface area (Å²) in [5.41, 5.74) is 0. The Labute approximate surface area is 176 Å². The van der Waals surface area contributed by atoms with Crippen LogP contribution in [0.5, 0.6) is 0 Å². The molecule has 0 aromatic heterocycles. The highest BCUT2D eigenvalue weighted by molar-refractivity contribution is 5.20. The predicted octanol–water partition coefficient (Wildman–Crippen LogP) is 9.60. The molecule has 0 aliphatic carbocycles. The minimum Gasteiger partial charge on any atom is -0.0991 e. The van der Waals surface area contributed by atoms with Crippen LogP contribution in [0.15, 0.2) is 85.6 Å². The number of hydrogen-bond donors (Lipinski definition) is 0. The molecule has 0 aliphatic rings. The summed E-state index contributed by atoms with van der Waals surface area (Å²) in [5.74, 6) is 0. The van der Waals surface area contributed by atoms with Gasteiger partial charge in [0.25, 0.3) is 0 Å². The lowest BCUT2D eigenvalue weighted by Gasteiger charge is -2.02. The summed E-state index contributed by atoms with van der Waals surface area (Å²) in [4.78, 5) is 0. The third-order valence-corrected chi connectivity index (χ3v) is 4.61. The first-order valence-electron chi connectivity index (χ1n) is 11.5. The van der Waals surface area contributed by atoms with Crippen molar-refractivity contribution in [3.8, 4) is 0 Å². The van der Waals surface area contributed by atoms with Crippen molar-refractivity contribution < 1.29 is 0 Å². The third kappa shape index (κ3) is 24.2. The van der Waals surface area contributed by atoms with Crippen LogP contribution in [0.2, 0.25) is 0 Å². The summed E-state index contributed by atoms with van der Waals surface area (Å²) < 4.78 is 0. The molecule has 0 aromatic rings. The van der Waals surface area contributed by atoms with Gasteiger partial charge >= 0.3 is 0 Å². The summed E-state index contributed by atoms with van der Waals surface area (Å²) in [6, 6.07) is 0. The minimum atomic E-state index is 1.20. The zero-order valence-corrected chi connectivity index (χ0v) is 18.4. The Morgan fingerprint density at radius 3 is 1.21 bits per heavy atom. The average Bonchev–Trinajstić information content (AvgIpc) is 2.71. The summed E-state index contributed by atoms with van der Waals surface area (Å²) in [6.07, 6.45) is 44.6. The molecule has 0 amide bonds. The van der Waals surface area contributed by atoms with Gasteiger partial charge in [-0.2, -0.15) is 0 Å². The molecule has 0 heterocycles. The molecular formula is C28H44. The van der Waals surface area contributed by atoms with Crippen molar-refractivity contribution in [3.05, 3.63) is 85.6 Å². The Morgan fingerprint density at radius 1 is 0.429 bits per heavy atom. The first-order valence-corrected chi connectivity index (χ1v) is 11.5. The molecule has 0 spiro atoms. The molecule has 0 bridgehead atoms. The van der Waals surface area contributed by atoms with E-state index >= 15 is 0 Å². The number of unbranched alkanes of at least 4 members (excludes halogenated alkanes) is 12. The Balaban J connectivity index is 3.39. The molecule has 0 fully saturated rings. The Morgan fingerprint density at radius 2 is 0.786 bits per heavy atom. The third-order valence-electron chi connectivity index (χ3n) is 4.61. The average molecular weight is 381 g/mol. The van der Waals surface area contributed by atoms with E-state index in [9.17, 15) is 0 Å². The van der Waals surface area contributed by atoms with Crippen molar-refractivity contribution in [2.75, 3.05) is 0 Å². The van der Waals surface area contributed by atoms with Crippen LogP contribution in [0.25, 0.3) is 0 Å². The van der Waals surface area contributed by atoms with Gasteiger partial charge in [-0.25, -0.2) is 0 Å². The fraction of sp³-hybridized carbons (Fsp3) is 0.500. The lowest BCUT2D eigenvalue weighted by molar-refractivity contribution is 0.545. The smallest absolute Gasteiger partial charge is 0.0348 e. The number of hydrogen-bond acceptors (Lipinski definition) is 0. The van der Waals surface area contributed by atoms with Gasteiger partial charge < -0.3 is 0 Å². The molecule has 0 N–H and O–H groups in total. The van der Waals surface area contributed by atoms with Crippen LogP contribution in [0.3, 0.4) is 0 Å². The van der Waals surface area contributed by atoms with Gasteiger partial charge in [0.2, 0.25) is 0 Å². The van der Waals surface area contributed by atoms with Crippen LogP contribution in [0, 0.1) is 0 Å². The molecule has 0 saturated carbocycles. The van der Waals surface area contributed by atoms with Gasteiger partial charge in [0, 0.05) is 0 Å². The van der Waals surface area contributed by atoms with Crippen LogP contribution in [-0.4, -0.2) is 0 Å². The van der Waals surface area contributed by atoms with E-state index in [0.29, 0.717) is 0 Å². The Hall–Kier alpha value is -1.82. The van der Waals surface area contributed by atoms with Gasteiger partial charge in [-0.1, -0.05) is 163 Å². The van der Waals surface area contributed by atoms with Crippen molar-refractivity contribution >= 4 is 0 Å². The predicted molar refractivity (Wildman–Crippen MR) is 131 cm³/mol. The highest BCUT2D eigenvalue weighted by Crippen LogP contribution is 2.12. The maximum atomic E-state index is 3.63. The maximum absolute atomic E-state index is 3.63. The van der Waals surface area contributed by atoms with Crippen LogP contribution in [-0.2, 0) is 0 Å². The maximum Gasteiger partial charge on any atom is -0.0348 e. The highest BCUT2D eigenvalue weighted by atomic mass is 14.0. The molecule has 156 valence electrons. The Kier molecular flexibility index (Phi) is 23.5. The molecule has 0 heteroatoms. The molecule has 0 aromatic carbocycles. The van der Waals surface area contributed by atoms with E-state index < -0.39 is 0 Å². The quantitative estimate of drug-likeness (QED) is 0.154. The summed E-state index contributed by atoms with van der Waals surface area (Å²) in [7, 11) is 0. The zero-order chi connectivity index (χ0) is 20.4. The van der Waals surface area contributed by atoms with Crippen molar-refractivity contribution in [2.24, 2.45) is 0 Å². The van der Waals surface area contributed by atoms with Gasteiger partial charge in [-0.3, -0.25) is 0 Å². The summed E-state index contributed by atoms with van der Waals surface area (Å²) >= 11 is 0. The summed E-state index contributed by atoms with van der Waals surface area (Å²) in [5, 5.41) is 0. The van der Waals surface area contributed by atoms with Crippen molar-refractivity contribution in [1.29, 1.82) is 0 Å². The number of allylic oxidation sites excluding steroid dienone is 13. The van der Waals surface area contributed by atoms with E-state index in [1.165, 1.54) is 83.5 Å². The van der Waals surface area contributed by atoms with E-state index in [4.69, 9.17) is 0 Å². The van der Waals surface area contributed by atoms with Crippen molar-refractivity contribution in [3.63, 3.8) is 0 Å². The van der Waals surface area contributed by atoms with Gasteiger partial charge in [-0.05, 0) is 12.8 Å². The van der Waals surface area contributed by atoms with Crippen molar-refractivity contribution in [1.82, 2.24) is 0 Å². The monoisotopic (exact) mass is 380 g/mol. The van der Waals surface area contributed by atoms with Crippen LogP contribution < -0.4 is 0 Å². The van der Waals surface area contributed by atoms with Crippen LogP contribution in [0.1, 0.15) is 90.4 Å². The second-order valence-corrected chi connectivity index (χ2v) is 7.27. The zero-order valence-electron chi connectivity index (χ0n) is 18.4. The van der Waals surface area contributed by atoms with E-state index in [1.54, 1.807) is 6.08 Å².